The second-order valence-electron chi connectivity index (χ2n) is 6.82. The van der Waals surface area contributed by atoms with E-state index in [1.165, 1.54) is 18.3 Å². The molecule has 8 nitrogen and oxygen atoms in total. The Bertz CT molecular complexity index is 893. The van der Waals surface area contributed by atoms with Gasteiger partial charge in [0.1, 0.15) is 6.04 Å². The van der Waals surface area contributed by atoms with E-state index in [1.807, 2.05) is 11.4 Å². The predicted molar refractivity (Wildman–Crippen MR) is 111 cm³/mol. The SMILES string of the molecule is C[C@H](NC(=O)c1ccccc1)C(=O)OCC(=O)N1CCN(C(=O)c2cccs2)CC1. The number of benzene rings is 1. The fourth-order valence-corrected chi connectivity index (χ4v) is 3.68. The highest BCUT2D eigenvalue weighted by atomic mass is 32.1. The molecule has 1 aliphatic rings. The minimum absolute atomic E-state index is 0.0356. The highest BCUT2D eigenvalue weighted by Crippen LogP contribution is 2.14. The van der Waals surface area contributed by atoms with Gasteiger partial charge in [-0.2, -0.15) is 0 Å². The van der Waals surface area contributed by atoms with Gasteiger partial charge in [0.05, 0.1) is 4.88 Å². The van der Waals surface area contributed by atoms with E-state index in [1.54, 1.807) is 46.2 Å². The lowest BCUT2D eigenvalue weighted by Gasteiger charge is -2.34. The third kappa shape index (κ3) is 5.44. The van der Waals surface area contributed by atoms with Crippen LogP contribution in [0.15, 0.2) is 47.8 Å². The van der Waals surface area contributed by atoms with Gasteiger partial charge >= 0.3 is 5.97 Å². The number of rotatable bonds is 6. The van der Waals surface area contributed by atoms with Crippen LogP contribution in [0, 0.1) is 0 Å². The number of amides is 3. The maximum atomic E-state index is 12.3. The van der Waals surface area contributed by atoms with Crippen LogP contribution >= 0.6 is 11.3 Å². The van der Waals surface area contributed by atoms with E-state index in [9.17, 15) is 19.2 Å². The van der Waals surface area contributed by atoms with Gasteiger partial charge in [0.2, 0.25) is 0 Å². The highest BCUT2D eigenvalue weighted by Gasteiger charge is 2.26. The van der Waals surface area contributed by atoms with Crippen molar-refractivity contribution in [3.63, 3.8) is 0 Å². The fraction of sp³-hybridized carbons (Fsp3) is 0.333. The van der Waals surface area contributed by atoms with Gasteiger partial charge in [0.15, 0.2) is 6.61 Å². The molecule has 3 rings (SSSR count). The number of ether oxygens (including phenoxy) is 1. The molecule has 0 saturated carbocycles. The molecule has 1 aliphatic heterocycles. The number of carbonyl (C=O) groups excluding carboxylic acids is 4. The minimum atomic E-state index is -0.884. The minimum Gasteiger partial charge on any atom is -0.454 e. The van der Waals surface area contributed by atoms with Crippen molar-refractivity contribution in [3.05, 3.63) is 58.3 Å². The van der Waals surface area contributed by atoms with Crippen molar-refractivity contribution < 1.29 is 23.9 Å². The monoisotopic (exact) mass is 429 g/mol. The Kier molecular flexibility index (Phi) is 7.18. The molecular weight excluding hydrogens is 406 g/mol. The summed E-state index contributed by atoms with van der Waals surface area (Å²) in [5.74, 6) is -1.43. The number of carbonyl (C=O) groups is 4. The smallest absolute Gasteiger partial charge is 0.328 e. The van der Waals surface area contributed by atoms with Gasteiger partial charge in [-0.05, 0) is 30.5 Å². The molecule has 0 aliphatic carbocycles. The van der Waals surface area contributed by atoms with Crippen molar-refractivity contribution in [1.29, 1.82) is 0 Å². The third-order valence-electron chi connectivity index (χ3n) is 4.73. The van der Waals surface area contributed by atoms with E-state index >= 15 is 0 Å². The number of nitrogens with zero attached hydrogens (tertiary/aromatic N) is 2. The van der Waals surface area contributed by atoms with E-state index in [-0.39, 0.29) is 11.8 Å². The Morgan fingerprint density at radius 1 is 1.00 bits per heavy atom. The van der Waals surface area contributed by atoms with Crippen LogP contribution in [0.4, 0.5) is 0 Å². The second kappa shape index (κ2) is 10.0. The number of esters is 1. The van der Waals surface area contributed by atoms with Crippen LogP contribution < -0.4 is 5.32 Å². The van der Waals surface area contributed by atoms with Gasteiger partial charge in [-0.15, -0.1) is 11.3 Å². The van der Waals surface area contributed by atoms with Crippen molar-refractivity contribution in [1.82, 2.24) is 15.1 Å². The van der Waals surface area contributed by atoms with Crippen molar-refractivity contribution in [2.24, 2.45) is 0 Å². The van der Waals surface area contributed by atoms with E-state index in [0.29, 0.717) is 36.6 Å². The third-order valence-corrected chi connectivity index (χ3v) is 5.58. The maximum absolute atomic E-state index is 12.3. The molecular formula is C21H23N3O5S. The maximum Gasteiger partial charge on any atom is 0.328 e. The first-order valence-electron chi connectivity index (χ1n) is 9.59. The number of thiophene rings is 1. The first-order chi connectivity index (χ1) is 14.5. The Labute approximate surface area is 178 Å². The molecule has 158 valence electrons. The van der Waals surface area contributed by atoms with Gasteiger partial charge in [-0.25, -0.2) is 4.79 Å². The molecule has 0 bridgehead atoms. The number of nitrogens with one attached hydrogen (secondary N) is 1. The second-order valence-corrected chi connectivity index (χ2v) is 7.77. The summed E-state index contributed by atoms with van der Waals surface area (Å²) < 4.78 is 5.07. The zero-order valence-electron chi connectivity index (χ0n) is 16.6. The van der Waals surface area contributed by atoms with Crippen LogP contribution in [0.3, 0.4) is 0 Å². The Balaban J connectivity index is 1.40. The molecule has 1 aromatic carbocycles. The first-order valence-corrected chi connectivity index (χ1v) is 10.5. The normalized spacial score (nSPS) is 14.7. The van der Waals surface area contributed by atoms with E-state index < -0.39 is 24.5 Å². The van der Waals surface area contributed by atoms with Gasteiger partial charge in [0, 0.05) is 31.7 Å². The number of piperazine rings is 1. The summed E-state index contributed by atoms with van der Waals surface area (Å²) in [6, 6.07) is 11.2. The van der Waals surface area contributed by atoms with E-state index in [0.717, 1.165) is 0 Å². The summed E-state index contributed by atoms with van der Waals surface area (Å²) >= 11 is 1.39. The molecule has 1 fully saturated rings. The summed E-state index contributed by atoms with van der Waals surface area (Å²) in [4.78, 5) is 52.8. The lowest BCUT2D eigenvalue weighted by Crippen LogP contribution is -2.51. The molecule has 9 heteroatoms. The molecule has 1 aromatic heterocycles. The topological polar surface area (TPSA) is 96.0 Å². The first kappa shape index (κ1) is 21.5. The quantitative estimate of drug-likeness (QED) is 0.700. The van der Waals surface area contributed by atoms with E-state index in [4.69, 9.17) is 4.74 Å². The summed E-state index contributed by atoms with van der Waals surface area (Å²) in [7, 11) is 0. The van der Waals surface area contributed by atoms with Crippen LogP contribution in [0.2, 0.25) is 0 Å². The summed E-state index contributed by atoms with van der Waals surface area (Å²) in [5.41, 5.74) is 0.434. The lowest BCUT2D eigenvalue weighted by molar-refractivity contribution is -0.153. The molecule has 2 heterocycles. The molecule has 0 unspecified atom stereocenters. The molecule has 1 atom stereocenters. The molecule has 30 heavy (non-hydrogen) atoms. The molecule has 1 saturated heterocycles. The van der Waals surface area contributed by atoms with Crippen LogP contribution in [0.25, 0.3) is 0 Å². The summed E-state index contributed by atoms with van der Waals surface area (Å²) in [5, 5.41) is 4.40. The van der Waals surface area contributed by atoms with Gasteiger partial charge in [-0.1, -0.05) is 24.3 Å². The average molecular weight is 429 g/mol. The zero-order chi connectivity index (χ0) is 21.5. The average Bonchev–Trinajstić information content (AvgIpc) is 3.32. The van der Waals surface area contributed by atoms with Crippen LogP contribution in [0.1, 0.15) is 27.0 Å². The molecule has 1 N–H and O–H groups in total. The highest BCUT2D eigenvalue weighted by molar-refractivity contribution is 7.12. The van der Waals surface area contributed by atoms with Crippen molar-refractivity contribution in [2.75, 3.05) is 32.8 Å². The molecule has 0 radical (unpaired) electrons. The zero-order valence-corrected chi connectivity index (χ0v) is 17.4. The van der Waals surface area contributed by atoms with Crippen molar-refractivity contribution >= 4 is 35.0 Å². The van der Waals surface area contributed by atoms with Crippen molar-refractivity contribution in [2.45, 2.75) is 13.0 Å². The van der Waals surface area contributed by atoms with E-state index in [2.05, 4.69) is 5.32 Å². The van der Waals surface area contributed by atoms with Crippen LogP contribution in [-0.4, -0.2) is 72.3 Å². The Hall–Kier alpha value is -3.20. The Morgan fingerprint density at radius 2 is 1.67 bits per heavy atom. The van der Waals surface area contributed by atoms with Gasteiger partial charge in [0.25, 0.3) is 17.7 Å². The summed E-state index contributed by atoms with van der Waals surface area (Å²) in [6.07, 6.45) is 0. The molecule has 2 aromatic rings. The molecule has 3 amide bonds. The van der Waals surface area contributed by atoms with Crippen molar-refractivity contribution in [3.8, 4) is 0 Å². The van der Waals surface area contributed by atoms with Crippen LogP contribution in [-0.2, 0) is 14.3 Å². The van der Waals surface area contributed by atoms with Gasteiger partial charge in [-0.3, -0.25) is 14.4 Å². The lowest BCUT2D eigenvalue weighted by atomic mass is 10.2. The molecule has 0 spiro atoms. The van der Waals surface area contributed by atoms with Crippen LogP contribution in [0.5, 0.6) is 0 Å². The number of hydrogen-bond acceptors (Lipinski definition) is 6. The summed E-state index contributed by atoms with van der Waals surface area (Å²) in [6.45, 7) is 2.73. The number of hydrogen-bond donors (Lipinski definition) is 1. The Morgan fingerprint density at radius 3 is 2.30 bits per heavy atom. The largest absolute Gasteiger partial charge is 0.454 e. The fourth-order valence-electron chi connectivity index (χ4n) is 2.99. The predicted octanol–water partition coefficient (Wildman–Crippen LogP) is 1.39. The standard InChI is InChI=1S/C21H23N3O5S/c1-15(22-19(26)16-6-3-2-4-7-16)21(28)29-14-18(25)23-9-11-24(12-10-23)20(27)17-8-5-13-30-17/h2-8,13,15H,9-12,14H2,1H3,(H,22,26)/t15-/m0/s1. The van der Waals surface area contributed by atoms with Gasteiger partial charge < -0.3 is 19.9 Å².